The lowest BCUT2D eigenvalue weighted by Crippen LogP contribution is -2.30. The van der Waals surface area contributed by atoms with Gasteiger partial charge in [-0.05, 0) is 27.0 Å². The Morgan fingerprint density at radius 3 is 1.45 bits per heavy atom. The Bertz CT molecular complexity index is 467. The molecule has 2 saturated heterocycles. The van der Waals surface area contributed by atoms with Crippen molar-refractivity contribution in [2.24, 2.45) is 0 Å². The van der Waals surface area contributed by atoms with Crippen LogP contribution in [0.15, 0.2) is 62.1 Å². The van der Waals surface area contributed by atoms with Crippen LogP contribution in [0, 0.1) is 0 Å². The van der Waals surface area contributed by atoms with E-state index in [1.54, 1.807) is 0 Å². The van der Waals surface area contributed by atoms with Crippen molar-refractivity contribution >= 4 is 0 Å². The zero-order valence-corrected chi connectivity index (χ0v) is 12.1. The smallest absolute Gasteiger partial charge is 0.221 e. The van der Waals surface area contributed by atoms with Crippen LogP contribution >= 0.6 is 0 Å². The Kier molecular flexibility index (Phi) is 3.40. The first-order valence-electron chi connectivity index (χ1n) is 6.38. The molecular formula is C14H20N4O2. The fourth-order valence-corrected chi connectivity index (χ4v) is 2.13. The molecule has 2 aliphatic rings. The van der Waals surface area contributed by atoms with E-state index in [2.05, 4.69) is 32.9 Å². The maximum Gasteiger partial charge on any atom is 0.221 e. The van der Waals surface area contributed by atoms with Crippen LogP contribution in [0.5, 0.6) is 0 Å². The molecule has 20 heavy (non-hydrogen) atoms. The molecule has 6 nitrogen and oxygen atoms in total. The van der Waals surface area contributed by atoms with E-state index in [-0.39, 0.29) is 0 Å². The lowest BCUT2D eigenvalue weighted by atomic mass is 10.5. The average molecular weight is 276 g/mol. The van der Waals surface area contributed by atoms with Crippen molar-refractivity contribution < 1.29 is 9.68 Å². The Hall–Kier alpha value is -2.50. The maximum absolute atomic E-state index is 5.56. The summed E-state index contributed by atoms with van der Waals surface area (Å²) in [5.74, 6) is 2.68. The molecule has 2 aliphatic heterocycles. The average Bonchev–Trinajstić information content (AvgIpc) is 2.85. The standard InChI is InChI=1S/C14H20N4O2/c1-8-15-10(3)17(19-13(15)6)12(5)18-11(4)16(9-2)14(7)20-18/h3-9H2,1-2H3. The van der Waals surface area contributed by atoms with E-state index >= 15 is 0 Å². The van der Waals surface area contributed by atoms with Crippen LogP contribution in [0.2, 0.25) is 0 Å². The maximum atomic E-state index is 5.56. The molecule has 0 spiro atoms. The molecule has 0 unspecified atom stereocenters. The van der Waals surface area contributed by atoms with Crippen LogP contribution in [0.3, 0.4) is 0 Å². The van der Waals surface area contributed by atoms with E-state index in [9.17, 15) is 0 Å². The third-order valence-electron chi connectivity index (χ3n) is 3.19. The van der Waals surface area contributed by atoms with Gasteiger partial charge in [-0.1, -0.05) is 19.7 Å². The predicted molar refractivity (Wildman–Crippen MR) is 76.3 cm³/mol. The molecule has 2 rings (SSSR count). The van der Waals surface area contributed by atoms with Gasteiger partial charge in [-0.25, -0.2) is 0 Å². The predicted octanol–water partition coefficient (Wildman–Crippen LogP) is 2.48. The molecule has 0 aliphatic carbocycles. The summed E-state index contributed by atoms with van der Waals surface area (Å²) in [6, 6.07) is 0. The zero-order valence-electron chi connectivity index (χ0n) is 12.1. The molecule has 2 fully saturated rings. The minimum absolute atomic E-state index is 0.439. The topological polar surface area (TPSA) is 31.4 Å². The van der Waals surface area contributed by atoms with Crippen molar-refractivity contribution in [3.05, 3.63) is 62.1 Å². The minimum atomic E-state index is 0.439. The zero-order chi connectivity index (χ0) is 15.0. The highest BCUT2D eigenvalue weighted by Gasteiger charge is 2.37. The first kappa shape index (κ1) is 13.9. The summed E-state index contributed by atoms with van der Waals surface area (Å²) >= 11 is 0. The van der Waals surface area contributed by atoms with Gasteiger partial charge in [0.25, 0.3) is 0 Å². The highest BCUT2D eigenvalue weighted by atomic mass is 16.7. The van der Waals surface area contributed by atoms with Gasteiger partial charge >= 0.3 is 0 Å². The number of rotatable bonds is 4. The summed E-state index contributed by atoms with van der Waals surface area (Å²) in [7, 11) is 0. The third-order valence-corrected chi connectivity index (χ3v) is 3.19. The Morgan fingerprint density at radius 1 is 0.850 bits per heavy atom. The minimum Gasteiger partial charge on any atom is -0.354 e. The molecule has 2 heterocycles. The van der Waals surface area contributed by atoms with Crippen molar-refractivity contribution in [1.29, 1.82) is 0 Å². The third kappa shape index (κ3) is 1.89. The van der Waals surface area contributed by atoms with Gasteiger partial charge in [0.15, 0.2) is 5.82 Å². The molecule has 0 aromatic heterocycles. The summed E-state index contributed by atoms with van der Waals surface area (Å²) in [4.78, 5) is 14.8. The number of hydrogen-bond acceptors (Lipinski definition) is 6. The molecule has 0 radical (unpaired) electrons. The van der Waals surface area contributed by atoms with Crippen molar-refractivity contribution in [1.82, 2.24) is 19.9 Å². The molecule has 0 amide bonds. The monoisotopic (exact) mass is 276 g/mol. The normalized spacial score (nSPS) is 18.9. The molecule has 0 bridgehead atoms. The van der Waals surface area contributed by atoms with Crippen molar-refractivity contribution in [2.75, 3.05) is 13.1 Å². The Morgan fingerprint density at radius 2 is 1.20 bits per heavy atom. The second-order valence-corrected chi connectivity index (χ2v) is 4.30. The van der Waals surface area contributed by atoms with E-state index in [1.807, 2.05) is 23.6 Å². The van der Waals surface area contributed by atoms with E-state index in [1.165, 1.54) is 10.1 Å². The van der Waals surface area contributed by atoms with Gasteiger partial charge in [0.2, 0.25) is 11.8 Å². The number of hydrogen-bond donors (Lipinski definition) is 0. The second-order valence-electron chi connectivity index (χ2n) is 4.30. The number of nitrogens with zero attached hydrogens (tertiary/aromatic N) is 4. The van der Waals surface area contributed by atoms with Gasteiger partial charge in [-0.2, -0.15) is 0 Å². The van der Waals surface area contributed by atoms with E-state index in [0.717, 1.165) is 0 Å². The van der Waals surface area contributed by atoms with E-state index in [0.29, 0.717) is 42.3 Å². The van der Waals surface area contributed by atoms with Crippen LogP contribution in [0.4, 0.5) is 0 Å². The molecule has 0 aromatic rings. The van der Waals surface area contributed by atoms with Crippen LogP contribution in [0.25, 0.3) is 0 Å². The molecule has 0 atom stereocenters. The summed E-state index contributed by atoms with van der Waals surface area (Å²) < 4.78 is 0. The van der Waals surface area contributed by atoms with Crippen LogP contribution in [0.1, 0.15) is 13.8 Å². The van der Waals surface area contributed by atoms with Crippen LogP contribution in [-0.2, 0) is 9.68 Å². The first-order chi connectivity index (χ1) is 9.42. The molecule has 108 valence electrons. The highest BCUT2D eigenvalue weighted by Crippen LogP contribution is 2.35. The van der Waals surface area contributed by atoms with Gasteiger partial charge in [0, 0.05) is 13.1 Å². The van der Waals surface area contributed by atoms with Gasteiger partial charge in [-0.15, -0.1) is 10.1 Å². The summed E-state index contributed by atoms with van der Waals surface area (Å²) in [5, 5.41) is 2.92. The lowest BCUT2D eigenvalue weighted by molar-refractivity contribution is -0.114. The van der Waals surface area contributed by atoms with Gasteiger partial charge in [0.05, 0.1) is 0 Å². The van der Waals surface area contributed by atoms with Crippen molar-refractivity contribution in [3.63, 3.8) is 0 Å². The van der Waals surface area contributed by atoms with Gasteiger partial charge in [0.1, 0.15) is 11.6 Å². The highest BCUT2D eigenvalue weighted by molar-refractivity contribution is 5.17. The molecule has 0 N–H and O–H groups in total. The van der Waals surface area contributed by atoms with Crippen LogP contribution < -0.4 is 0 Å². The summed E-state index contributed by atoms with van der Waals surface area (Å²) in [5.41, 5.74) is 0. The largest absolute Gasteiger partial charge is 0.354 e. The first-order valence-corrected chi connectivity index (χ1v) is 6.38. The summed E-state index contributed by atoms with van der Waals surface area (Å²) in [6.07, 6.45) is 0. The lowest BCUT2D eigenvalue weighted by Gasteiger charge is -2.25. The second kappa shape index (κ2) is 4.88. The quantitative estimate of drug-likeness (QED) is 0.784. The van der Waals surface area contributed by atoms with E-state index in [4.69, 9.17) is 9.68 Å². The number of hydroxylamine groups is 4. The van der Waals surface area contributed by atoms with Gasteiger partial charge in [-0.3, -0.25) is 9.80 Å². The SMILES string of the molecule is C=C1ON(C(=C)N2OC(=C)N(CC)C2=C)C(=C)N1CC. The Balaban J connectivity index is 2.18. The fourth-order valence-electron chi connectivity index (χ4n) is 2.13. The molecular weight excluding hydrogens is 256 g/mol. The summed E-state index contributed by atoms with van der Waals surface area (Å²) in [6.45, 7) is 25.0. The molecule has 0 saturated carbocycles. The van der Waals surface area contributed by atoms with Crippen molar-refractivity contribution in [3.8, 4) is 0 Å². The van der Waals surface area contributed by atoms with Gasteiger partial charge < -0.3 is 9.68 Å². The van der Waals surface area contributed by atoms with Crippen LogP contribution in [-0.4, -0.2) is 33.0 Å². The van der Waals surface area contributed by atoms with E-state index < -0.39 is 0 Å². The molecule has 6 heteroatoms. The fraction of sp³-hybridized carbons (Fsp3) is 0.286. The molecule has 0 aromatic carbocycles. The Labute approximate surface area is 119 Å². The van der Waals surface area contributed by atoms with Crippen molar-refractivity contribution in [2.45, 2.75) is 13.8 Å².